The average molecular weight is 430 g/mol. The maximum atomic E-state index is 13.0. The van der Waals surface area contributed by atoms with Crippen LogP contribution >= 0.6 is 11.6 Å². The summed E-state index contributed by atoms with van der Waals surface area (Å²) in [4.78, 5) is 19.1. The zero-order chi connectivity index (χ0) is 21.7. The second-order valence-corrected chi connectivity index (χ2v) is 7.45. The Morgan fingerprint density at radius 2 is 1.87 bits per heavy atom. The average Bonchev–Trinajstić information content (AvgIpc) is 3.20. The Kier molecular flexibility index (Phi) is 6.95. The van der Waals surface area contributed by atoms with Crippen molar-refractivity contribution in [3.63, 3.8) is 0 Å². The van der Waals surface area contributed by atoms with Crippen LogP contribution in [0.5, 0.6) is 11.5 Å². The van der Waals surface area contributed by atoms with Crippen molar-refractivity contribution in [3.8, 4) is 22.9 Å². The zero-order valence-electron chi connectivity index (χ0n) is 17.3. The molecule has 0 N–H and O–H groups in total. The number of benzene rings is 2. The molecule has 0 aliphatic rings. The maximum Gasteiger partial charge on any atom is 0.264 e. The number of aromatic nitrogens is 2. The number of methoxy groups -OCH3 is 1. The molecule has 0 aliphatic heterocycles. The Bertz CT molecular complexity index is 988. The van der Waals surface area contributed by atoms with E-state index in [2.05, 4.69) is 10.1 Å². The van der Waals surface area contributed by atoms with E-state index < -0.39 is 6.10 Å². The lowest BCUT2D eigenvalue weighted by Crippen LogP contribution is -2.43. The van der Waals surface area contributed by atoms with Gasteiger partial charge >= 0.3 is 0 Å². The summed E-state index contributed by atoms with van der Waals surface area (Å²) in [6, 6.07) is 14.2. The van der Waals surface area contributed by atoms with Gasteiger partial charge in [-0.3, -0.25) is 4.79 Å². The lowest BCUT2D eigenvalue weighted by molar-refractivity contribution is -0.140. The first kappa shape index (κ1) is 21.6. The molecular formula is C22H24ClN3O4. The van der Waals surface area contributed by atoms with Gasteiger partial charge in [0.05, 0.1) is 7.11 Å². The van der Waals surface area contributed by atoms with Crippen LogP contribution in [0, 0.1) is 0 Å². The molecule has 1 aromatic heterocycles. The lowest BCUT2D eigenvalue weighted by atomic mass is 10.2. The van der Waals surface area contributed by atoms with Crippen molar-refractivity contribution in [1.29, 1.82) is 0 Å². The molecule has 0 radical (unpaired) electrons. The Morgan fingerprint density at radius 1 is 1.13 bits per heavy atom. The van der Waals surface area contributed by atoms with Crippen molar-refractivity contribution < 1.29 is 18.8 Å². The number of amides is 1. The van der Waals surface area contributed by atoms with Gasteiger partial charge in [0.1, 0.15) is 18.0 Å². The topological polar surface area (TPSA) is 77.7 Å². The first-order valence-corrected chi connectivity index (χ1v) is 9.95. The van der Waals surface area contributed by atoms with Gasteiger partial charge < -0.3 is 18.9 Å². The van der Waals surface area contributed by atoms with Crippen molar-refractivity contribution in [2.45, 2.75) is 39.5 Å². The second-order valence-electron chi connectivity index (χ2n) is 7.02. The molecule has 3 aromatic rings. The van der Waals surface area contributed by atoms with Crippen LogP contribution in [0.1, 0.15) is 26.7 Å². The van der Waals surface area contributed by atoms with Crippen LogP contribution in [0.2, 0.25) is 5.02 Å². The third kappa shape index (κ3) is 5.30. The zero-order valence-corrected chi connectivity index (χ0v) is 18.1. The number of rotatable bonds is 8. The predicted molar refractivity (Wildman–Crippen MR) is 114 cm³/mol. The maximum absolute atomic E-state index is 13.0. The molecule has 0 spiro atoms. The summed E-state index contributed by atoms with van der Waals surface area (Å²) >= 11 is 5.99. The fourth-order valence-electron chi connectivity index (χ4n) is 2.87. The van der Waals surface area contributed by atoms with Gasteiger partial charge in [-0.2, -0.15) is 4.98 Å². The molecule has 7 nitrogen and oxygen atoms in total. The molecule has 0 bridgehead atoms. The SMILES string of the molecule is COc1ccc(-c2noc(CN(C(=O)[C@H](C)Oc3cccc(Cl)c3)C(C)C)n2)cc1. The highest BCUT2D eigenvalue weighted by molar-refractivity contribution is 6.30. The normalized spacial score (nSPS) is 11.9. The molecule has 3 rings (SSSR count). The molecule has 158 valence electrons. The molecule has 1 amide bonds. The minimum atomic E-state index is -0.699. The summed E-state index contributed by atoms with van der Waals surface area (Å²) in [7, 11) is 1.61. The minimum absolute atomic E-state index is 0.0840. The molecule has 0 fully saturated rings. The Morgan fingerprint density at radius 3 is 2.50 bits per heavy atom. The summed E-state index contributed by atoms with van der Waals surface area (Å²) in [6.07, 6.45) is -0.699. The van der Waals surface area contributed by atoms with Crippen molar-refractivity contribution >= 4 is 17.5 Å². The molecule has 1 atom stereocenters. The highest BCUT2D eigenvalue weighted by Gasteiger charge is 2.26. The molecule has 8 heteroatoms. The molecular weight excluding hydrogens is 406 g/mol. The fourth-order valence-corrected chi connectivity index (χ4v) is 3.05. The van der Waals surface area contributed by atoms with Gasteiger partial charge in [0, 0.05) is 16.6 Å². The Balaban J connectivity index is 1.70. The van der Waals surface area contributed by atoms with E-state index in [-0.39, 0.29) is 18.5 Å². The van der Waals surface area contributed by atoms with Crippen LogP contribution < -0.4 is 9.47 Å². The minimum Gasteiger partial charge on any atom is -0.497 e. The first-order chi connectivity index (χ1) is 14.4. The molecule has 0 unspecified atom stereocenters. The van der Waals surface area contributed by atoms with E-state index in [1.54, 1.807) is 43.2 Å². The van der Waals surface area contributed by atoms with Gasteiger partial charge in [-0.25, -0.2) is 0 Å². The summed E-state index contributed by atoms with van der Waals surface area (Å²) < 4.78 is 16.3. The molecule has 0 saturated carbocycles. The smallest absolute Gasteiger partial charge is 0.264 e. The van der Waals surface area contributed by atoms with E-state index in [4.69, 9.17) is 25.6 Å². The third-order valence-corrected chi connectivity index (χ3v) is 4.72. The number of nitrogens with zero attached hydrogens (tertiary/aromatic N) is 3. The lowest BCUT2D eigenvalue weighted by Gasteiger charge is -2.28. The number of hydrogen-bond acceptors (Lipinski definition) is 6. The summed E-state index contributed by atoms with van der Waals surface area (Å²) in [6.45, 7) is 5.73. The largest absolute Gasteiger partial charge is 0.497 e. The molecule has 30 heavy (non-hydrogen) atoms. The number of hydrogen-bond donors (Lipinski definition) is 0. The first-order valence-electron chi connectivity index (χ1n) is 9.57. The van der Waals surface area contributed by atoms with Crippen molar-refractivity contribution in [1.82, 2.24) is 15.0 Å². The number of halogens is 1. The van der Waals surface area contributed by atoms with E-state index in [1.165, 1.54) is 0 Å². The fraction of sp³-hybridized carbons (Fsp3) is 0.318. The standard InChI is InChI=1S/C22H24ClN3O4/c1-14(2)26(22(27)15(3)29-19-7-5-6-17(23)12-19)13-20-24-21(25-30-20)16-8-10-18(28-4)11-9-16/h5-12,14-15H,13H2,1-4H3/t15-/m0/s1. The van der Waals surface area contributed by atoms with E-state index in [0.717, 1.165) is 11.3 Å². The molecule has 0 saturated heterocycles. The van der Waals surface area contributed by atoms with E-state index in [9.17, 15) is 4.79 Å². The van der Waals surface area contributed by atoms with Crippen LogP contribution in [0.15, 0.2) is 53.1 Å². The van der Waals surface area contributed by atoms with Crippen LogP contribution in [0.3, 0.4) is 0 Å². The highest BCUT2D eigenvalue weighted by atomic mass is 35.5. The second kappa shape index (κ2) is 9.63. The third-order valence-electron chi connectivity index (χ3n) is 4.49. The van der Waals surface area contributed by atoms with Crippen LogP contribution in [0.25, 0.3) is 11.4 Å². The van der Waals surface area contributed by atoms with Crippen LogP contribution in [0.4, 0.5) is 0 Å². The van der Waals surface area contributed by atoms with E-state index in [1.807, 2.05) is 38.1 Å². The van der Waals surface area contributed by atoms with Crippen molar-refractivity contribution in [2.24, 2.45) is 0 Å². The van der Waals surface area contributed by atoms with Gasteiger partial charge in [-0.15, -0.1) is 0 Å². The number of carbonyl (C=O) groups excluding carboxylic acids is 1. The Hall–Kier alpha value is -3.06. The van der Waals surface area contributed by atoms with Gasteiger partial charge in [-0.1, -0.05) is 22.8 Å². The summed E-state index contributed by atoms with van der Waals surface area (Å²) in [5.74, 6) is 1.89. The van der Waals surface area contributed by atoms with Gasteiger partial charge in [0.25, 0.3) is 5.91 Å². The van der Waals surface area contributed by atoms with Crippen molar-refractivity contribution in [3.05, 3.63) is 59.4 Å². The number of carbonyl (C=O) groups is 1. The Labute approximate surface area is 180 Å². The van der Waals surface area contributed by atoms with Crippen molar-refractivity contribution in [2.75, 3.05) is 7.11 Å². The van der Waals surface area contributed by atoms with Crippen LogP contribution in [-0.4, -0.2) is 40.2 Å². The quantitative estimate of drug-likeness (QED) is 0.520. The number of ether oxygens (including phenoxy) is 2. The molecule has 2 aromatic carbocycles. The van der Waals surface area contributed by atoms with E-state index in [0.29, 0.717) is 22.5 Å². The summed E-state index contributed by atoms with van der Waals surface area (Å²) in [5.41, 5.74) is 0.797. The monoisotopic (exact) mass is 429 g/mol. The van der Waals surface area contributed by atoms with E-state index >= 15 is 0 Å². The van der Waals surface area contributed by atoms with Gasteiger partial charge in [-0.05, 0) is 63.2 Å². The highest BCUT2D eigenvalue weighted by Crippen LogP contribution is 2.22. The van der Waals surface area contributed by atoms with Gasteiger partial charge in [0.15, 0.2) is 6.10 Å². The molecule has 0 aliphatic carbocycles. The van der Waals surface area contributed by atoms with Crippen LogP contribution in [-0.2, 0) is 11.3 Å². The van der Waals surface area contributed by atoms with Gasteiger partial charge in [0.2, 0.25) is 11.7 Å². The predicted octanol–water partition coefficient (Wildman–Crippen LogP) is 4.60. The molecule has 1 heterocycles. The summed E-state index contributed by atoms with van der Waals surface area (Å²) in [5, 5.41) is 4.57.